The standard InChI is InChI=1S/C29H35N9O3/c1-37-20-22(16-33-37)27-19-32-29-26(34-27)15-23(35-36-29)3-5-24-4-2-21(6-10-40-24)14-28-30-17-25(18-31-28)41-13-9-38-7-11-39-12-8-38/h2,15-20,24H,3-14H2,1H3/t24-/m0/s1. The molecule has 1 saturated heterocycles. The molecule has 0 radical (unpaired) electrons. The average molecular weight is 558 g/mol. The normalized spacial score (nSPS) is 18.3. The van der Waals surface area contributed by atoms with Crippen LogP contribution in [0.25, 0.3) is 22.4 Å². The molecule has 2 aliphatic rings. The molecule has 0 amide bonds. The van der Waals surface area contributed by atoms with E-state index in [1.54, 1.807) is 29.5 Å². The van der Waals surface area contributed by atoms with Gasteiger partial charge in [-0.05, 0) is 31.7 Å². The first kappa shape index (κ1) is 27.3. The van der Waals surface area contributed by atoms with E-state index in [0.717, 1.165) is 93.2 Å². The Balaban J connectivity index is 0.985. The van der Waals surface area contributed by atoms with Crippen molar-refractivity contribution >= 4 is 11.2 Å². The maximum atomic E-state index is 6.16. The smallest absolute Gasteiger partial charge is 0.200 e. The van der Waals surface area contributed by atoms with Gasteiger partial charge in [0.05, 0.1) is 62.1 Å². The fraction of sp³-hybridized carbons (Fsp3) is 0.483. The van der Waals surface area contributed by atoms with Gasteiger partial charge in [0.1, 0.15) is 17.9 Å². The van der Waals surface area contributed by atoms with Crippen molar-refractivity contribution in [1.29, 1.82) is 0 Å². The highest BCUT2D eigenvalue weighted by molar-refractivity contribution is 5.72. The third kappa shape index (κ3) is 7.46. The molecule has 0 spiro atoms. The minimum Gasteiger partial charge on any atom is -0.489 e. The maximum absolute atomic E-state index is 6.16. The van der Waals surface area contributed by atoms with E-state index in [1.165, 1.54) is 5.57 Å². The molecule has 0 aromatic carbocycles. The predicted molar refractivity (Wildman–Crippen MR) is 151 cm³/mol. The molecule has 0 unspecified atom stereocenters. The number of aromatic nitrogens is 8. The van der Waals surface area contributed by atoms with Gasteiger partial charge in [-0.15, -0.1) is 5.10 Å². The summed E-state index contributed by atoms with van der Waals surface area (Å²) in [5, 5.41) is 12.9. The lowest BCUT2D eigenvalue weighted by Crippen LogP contribution is -2.38. The van der Waals surface area contributed by atoms with E-state index >= 15 is 0 Å². The van der Waals surface area contributed by atoms with Crippen LogP contribution in [-0.4, -0.2) is 97.0 Å². The lowest BCUT2D eigenvalue weighted by Gasteiger charge is -2.26. The average Bonchev–Trinajstić information content (AvgIpc) is 3.32. The van der Waals surface area contributed by atoms with Crippen molar-refractivity contribution in [2.24, 2.45) is 7.05 Å². The summed E-state index contributed by atoms with van der Waals surface area (Å²) in [5.41, 5.74) is 5.14. The van der Waals surface area contributed by atoms with Crippen LogP contribution in [0.5, 0.6) is 5.75 Å². The molecule has 6 rings (SSSR count). The van der Waals surface area contributed by atoms with Crippen molar-refractivity contribution in [3.63, 3.8) is 0 Å². The summed E-state index contributed by atoms with van der Waals surface area (Å²) >= 11 is 0. The van der Waals surface area contributed by atoms with Crippen LogP contribution in [0, 0.1) is 0 Å². The van der Waals surface area contributed by atoms with Crippen LogP contribution in [0.3, 0.4) is 0 Å². The second-order valence-corrected chi connectivity index (χ2v) is 10.4. The van der Waals surface area contributed by atoms with Gasteiger partial charge in [-0.1, -0.05) is 11.6 Å². The topological polar surface area (TPSA) is 126 Å². The van der Waals surface area contributed by atoms with Gasteiger partial charge in [-0.3, -0.25) is 9.58 Å². The van der Waals surface area contributed by atoms with Crippen LogP contribution in [-0.2, 0) is 29.4 Å². The van der Waals surface area contributed by atoms with E-state index in [9.17, 15) is 0 Å². The van der Waals surface area contributed by atoms with Crippen molar-refractivity contribution in [3.8, 4) is 17.0 Å². The zero-order valence-corrected chi connectivity index (χ0v) is 23.4. The monoisotopic (exact) mass is 557 g/mol. The molecular formula is C29H35N9O3. The molecule has 4 aromatic heterocycles. The summed E-state index contributed by atoms with van der Waals surface area (Å²) < 4.78 is 19.1. The minimum absolute atomic E-state index is 0.126. The molecule has 0 aliphatic carbocycles. The molecule has 12 nitrogen and oxygen atoms in total. The van der Waals surface area contributed by atoms with Gasteiger partial charge in [-0.25, -0.2) is 19.9 Å². The molecule has 2 aliphatic heterocycles. The zero-order valence-electron chi connectivity index (χ0n) is 23.4. The number of fused-ring (bicyclic) bond motifs is 1. The van der Waals surface area contributed by atoms with Gasteiger partial charge in [0.25, 0.3) is 0 Å². The second-order valence-electron chi connectivity index (χ2n) is 10.4. The summed E-state index contributed by atoms with van der Waals surface area (Å²) in [4.78, 5) is 20.6. The van der Waals surface area contributed by atoms with Crippen molar-refractivity contribution < 1.29 is 14.2 Å². The first-order chi connectivity index (χ1) is 20.2. The molecule has 214 valence electrons. The highest BCUT2D eigenvalue weighted by Gasteiger charge is 2.16. The lowest BCUT2D eigenvalue weighted by atomic mass is 10.0. The van der Waals surface area contributed by atoms with E-state index in [-0.39, 0.29) is 6.10 Å². The highest BCUT2D eigenvalue weighted by Crippen LogP contribution is 2.21. The number of hydrogen-bond donors (Lipinski definition) is 0. The number of aryl methyl sites for hydroxylation is 2. The summed E-state index contributed by atoms with van der Waals surface area (Å²) in [5.74, 6) is 1.50. The Kier molecular flexibility index (Phi) is 8.79. The Hall–Kier alpha value is -3.87. The SMILES string of the molecule is Cn1cc(-c2cnc3nnc(CC[C@@H]4CC=C(Cc5ncc(OCCN6CCOCC6)cn5)CCO4)cc3n2)cn1. The van der Waals surface area contributed by atoms with Crippen LogP contribution in [0.2, 0.25) is 0 Å². The molecule has 12 heteroatoms. The van der Waals surface area contributed by atoms with Crippen molar-refractivity contribution in [2.75, 3.05) is 46.1 Å². The van der Waals surface area contributed by atoms with E-state index in [2.05, 4.69) is 41.2 Å². The van der Waals surface area contributed by atoms with Crippen molar-refractivity contribution in [2.45, 2.75) is 38.2 Å². The summed E-state index contributed by atoms with van der Waals surface area (Å²) in [6.45, 7) is 5.69. The Morgan fingerprint density at radius 3 is 2.73 bits per heavy atom. The number of rotatable bonds is 10. The van der Waals surface area contributed by atoms with E-state index in [0.29, 0.717) is 24.6 Å². The first-order valence-corrected chi connectivity index (χ1v) is 14.2. The molecule has 0 N–H and O–H groups in total. The van der Waals surface area contributed by atoms with Crippen LogP contribution >= 0.6 is 0 Å². The van der Waals surface area contributed by atoms with Crippen LogP contribution < -0.4 is 4.74 Å². The second kappa shape index (κ2) is 13.2. The molecule has 0 bridgehead atoms. The van der Waals surface area contributed by atoms with Gasteiger partial charge in [-0.2, -0.15) is 10.2 Å². The Morgan fingerprint density at radius 2 is 1.90 bits per heavy atom. The Morgan fingerprint density at radius 1 is 1.02 bits per heavy atom. The van der Waals surface area contributed by atoms with Crippen LogP contribution in [0.1, 0.15) is 30.8 Å². The summed E-state index contributed by atoms with van der Waals surface area (Å²) in [7, 11) is 1.88. The van der Waals surface area contributed by atoms with E-state index < -0.39 is 0 Å². The zero-order chi connectivity index (χ0) is 27.9. The molecular weight excluding hydrogens is 522 g/mol. The van der Waals surface area contributed by atoms with Crippen molar-refractivity contribution in [1.82, 2.24) is 44.8 Å². The van der Waals surface area contributed by atoms with Crippen LogP contribution in [0.4, 0.5) is 0 Å². The Labute approximate surface area is 238 Å². The molecule has 6 heterocycles. The highest BCUT2D eigenvalue weighted by atomic mass is 16.5. The lowest BCUT2D eigenvalue weighted by molar-refractivity contribution is 0.0322. The number of hydrogen-bond acceptors (Lipinski definition) is 11. The summed E-state index contributed by atoms with van der Waals surface area (Å²) in [6, 6.07) is 1.97. The van der Waals surface area contributed by atoms with Crippen LogP contribution in [0.15, 0.2) is 48.7 Å². The van der Waals surface area contributed by atoms with Gasteiger partial charge < -0.3 is 14.2 Å². The number of nitrogens with zero attached hydrogens (tertiary/aromatic N) is 9. The van der Waals surface area contributed by atoms with E-state index in [1.807, 2.05) is 19.3 Å². The van der Waals surface area contributed by atoms with Gasteiger partial charge >= 0.3 is 0 Å². The fourth-order valence-corrected chi connectivity index (χ4v) is 5.01. The molecule has 4 aromatic rings. The Bertz CT molecular complexity index is 1470. The number of ether oxygens (including phenoxy) is 3. The molecule has 41 heavy (non-hydrogen) atoms. The maximum Gasteiger partial charge on any atom is 0.200 e. The minimum atomic E-state index is 0.126. The van der Waals surface area contributed by atoms with Crippen molar-refractivity contribution in [3.05, 3.63) is 60.2 Å². The van der Waals surface area contributed by atoms with Gasteiger partial charge in [0, 0.05) is 44.9 Å². The van der Waals surface area contributed by atoms with E-state index in [4.69, 9.17) is 19.2 Å². The molecule has 0 saturated carbocycles. The largest absolute Gasteiger partial charge is 0.489 e. The summed E-state index contributed by atoms with van der Waals surface area (Å²) in [6.07, 6.45) is 15.4. The molecule has 1 atom stereocenters. The molecule has 1 fully saturated rings. The van der Waals surface area contributed by atoms with Gasteiger partial charge in [0.15, 0.2) is 11.4 Å². The first-order valence-electron chi connectivity index (χ1n) is 14.2. The van der Waals surface area contributed by atoms with Gasteiger partial charge in [0.2, 0.25) is 0 Å². The third-order valence-corrected chi connectivity index (χ3v) is 7.37. The predicted octanol–water partition coefficient (Wildman–Crippen LogP) is 2.60. The quantitative estimate of drug-likeness (QED) is 0.267. The fourth-order valence-electron chi connectivity index (χ4n) is 5.01. The third-order valence-electron chi connectivity index (χ3n) is 7.37. The number of morpholine rings is 1.